The number of hydrogen-bond donors (Lipinski definition) is 0. The molecule has 30 heavy (non-hydrogen) atoms. The van der Waals surface area contributed by atoms with Crippen molar-refractivity contribution >= 4 is 32.9 Å². The van der Waals surface area contributed by atoms with Crippen LogP contribution in [0.25, 0.3) is 33.9 Å². The first kappa shape index (κ1) is 18.6. The fourth-order valence-corrected chi connectivity index (χ4v) is 4.13. The van der Waals surface area contributed by atoms with Crippen LogP contribution in [0.4, 0.5) is 0 Å². The third-order valence-corrected chi connectivity index (χ3v) is 6.30. The second kappa shape index (κ2) is 6.56. The normalized spacial score (nSPS) is 11.6. The molecule has 0 unspecified atom stereocenters. The van der Waals surface area contributed by atoms with Crippen LogP contribution >= 0.6 is 15.9 Å². The van der Waals surface area contributed by atoms with Gasteiger partial charge < -0.3 is 0 Å². The molecule has 0 N–H and O–H groups in total. The van der Waals surface area contributed by atoms with Crippen LogP contribution in [-0.2, 0) is 14.1 Å². The first-order valence-electron chi connectivity index (χ1n) is 9.40. The van der Waals surface area contributed by atoms with Crippen LogP contribution in [0.5, 0.6) is 0 Å². The molecule has 5 aromatic rings. The summed E-state index contributed by atoms with van der Waals surface area (Å²) in [6, 6.07) is 16.0. The Hall–Kier alpha value is -3.39. The molecule has 0 aliphatic rings. The van der Waals surface area contributed by atoms with Crippen molar-refractivity contribution in [1.82, 2.24) is 23.1 Å². The van der Waals surface area contributed by atoms with E-state index in [-0.39, 0.29) is 5.56 Å². The van der Waals surface area contributed by atoms with E-state index in [1.54, 1.807) is 11.4 Å². The van der Waals surface area contributed by atoms with Gasteiger partial charge in [0.1, 0.15) is 0 Å². The minimum absolute atomic E-state index is 0.359. The predicted molar refractivity (Wildman–Crippen MR) is 120 cm³/mol. The van der Waals surface area contributed by atoms with E-state index in [4.69, 9.17) is 4.98 Å². The third kappa shape index (κ3) is 2.53. The zero-order chi connectivity index (χ0) is 21.2. The summed E-state index contributed by atoms with van der Waals surface area (Å²) < 4.78 is 7.27. The average molecular weight is 464 g/mol. The number of imidazole rings is 2. The van der Waals surface area contributed by atoms with Gasteiger partial charge in [-0.1, -0.05) is 52.3 Å². The fourth-order valence-electron chi connectivity index (χ4n) is 3.76. The second-order valence-corrected chi connectivity index (χ2v) is 8.16. The van der Waals surface area contributed by atoms with E-state index in [9.17, 15) is 9.59 Å². The monoisotopic (exact) mass is 463 g/mol. The largest absolute Gasteiger partial charge is 0.332 e. The number of nitrogens with zero attached hydrogens (tertiary/aromatic N) is 5. The number of halogens is 1. The molecule has 0 amide bonds. The van der Waals surface area contributed by atoms with Crippen LogP contribution in [0, 0.1) is 6.92 Å². The average Bonchev–Trinajstić information content (AvgIpc) is 3.30. The van der Waals surface area contributed by atoms with E-state index in [0.717, 1.165) is 31.5 Å². The highest BCUT2D eigenvalue weighted by molar-refractivity contribution is 9.10. The molecule has 0 aliphatic carbocycles. The van der Waals surface area contributed by atoms with Crippen LogP contribution in [0.2, 0.25) is 0 Å². The smallest absolute Gasteiger partial charge is 0.279 e. The highest BCUT2D eigenvalue weighted by Crippen LogP contribution is 2.30. The van der Waals surface area contributed by atoms with Gasteiger partial charge >= 0.3 is 5.69 Å². The molecule has 150 valence electrons. The first-order valence-corrected chi connectivity index (χ1v) is 10.2. The lowest BCUT2D eigenvalue weighted by Crippen LogP contribution is -2.37. The van der Waals surface area contributed by atoms with Crippen LogP contribution in [0.3, 0.4) is 0 Å². The highest BCUT2D eigenvalue weighted by atomic mass is 79.9. The summed E-state index contributed by atoms with van der Waals surface area (Å²) >= 11 is 3.61. The number of aromatic nitrogens is 5. The summed E-state index contributed by atoms with van der Waals surface area (Å²) in [5.41, 5.74) is 3.87. The second-order valence-electron chi connectivity index (χ2n) is 7.31. The van der Waals surface area contributed by atoms with Crippen LogP contribution in [-0.4, -0.2) is 23.1 Å². The molecule has 3 aromatic heterocycles. The lowest BCUT2D eigenvalue weighted by atomic mass is 10.1. The zero-order valence-electron chi connectivity index (χ0n) is 16.6. The molecule has 5 rings (SSSR count). The molecule has 0 radical (unpaired) electrons. The van der Waals surface area contributed by atoms with Gasteiger partial charge in [0.15, 0.2) is 11.2 Å². The quantitative estimate of drug-likeness (QED) is 0.402. The van der Waals surface area contributed by atoms with Crippen molar-refractivity contribution in [2.75, 3.05) is 0 Å². The van der Waals surface area contributed by atoms with Gasteiger partial charge in [-0.05, 0) is 24.6 Å². The van der Waals surface area contributed by atoms with Crippen molar-refractivity contribution in [1.29, 1.82) is 0 Å². The molecule has 8 heteroatoms. The molecular weight excluding hydrogens is 446 g/mol. The van der Waals surface area contributed by atoms with Gasteiger partial charge in [0.2, 0.25) is 5.78 Å². The van der Waals surface area contributed by atoms with Crippen LogP contribution < -0.4 is 11.2 Å². The Bertz CT molecular complexity index is 1570. The van der Waals surface area contributed by atoms with Gasteiger partial charge in [0.05, 0.1) is 11.4 Å². The van der Waals surface area contributed by atoms with Gasteiger partial charge in [0.25, 0.3) is 5.56 Å². The predicted octanol–water partition coefficient (Wildman–Crippen LogP) is 3.41. The van der Waals surface area contributed by atoms with Gasteiger partial charge in [0, 0.05) is 30.3 Å². The molecule has 0 fully saturated rings. The molecule has 2 aromatic carbocycles. The number of hydrogen-bond acceptors (Lipinski definition) is 3. The lowest BCUT2D eigenvalue weighted by molar-refractivity contribution is 0.708. The van der Waals surface area contributed by atoms with E-state index in [0.29, 0.717) is 16.9 Å². The van der Waals surface area contributed by atoms with Crippen molar-refractivity contribution in [3.05, 3.63) is 85.6 Å². The molecule has 0 spiro atoms. The van der Waals surface area contributed by atoms with E-state index < -0.39 is 5.69 Å². The van der Waals surface area contributed by atoms with E-state index >= 15 is 0 Å². The van der Waals surface area contributed by atoms with E-state index in [1.165, 1.54) is 11.6 Å². The first-order chi connectivity index (χ1) is 14.4. The van der Waals surface area contributed by atoms with Gasteiger partial charge in [-0.25, -0.2) is 4.79 Å². The minimum atomic E-state index is -0.402. The topological polar surface area (TPSA) is 66.2 Å². The maximum atomic E-state index is 12.9. The van der Waals surface area contributed by atoms with E-state index in [2.05, 4.69) is 15.9 Å². The number of aryl methyl sites for hydroxylation is 2. The number of fused-ring (bicyclic) bond motifs is 3. The summed E-state index contributed by atoms with van der Waals surface area (Å²) in [6.45, 7) is 2.03. The van der Waals surface area contributed by atoms with Crippen molar-refractivity contribution in [2.45, 2.75) is 6.92 Å². The molecule has 0 saturated heterocycles. The maximum absolute atomic E-state index is 12.9. The summed E-state index contributed by atoms with van der Waals surface area (Å²) in [5, 5.41) is 0. The van der Waals surface area contributed by atoms with Gasteiger partial charge in [-0.2, -0.15) is 4.98 Å². The van der Waals surface area contributed by atoms with Crippen LogP contribution in [0.15, 0.2) is 68.8 Å². The Labute approximate surface area is 179 Å². The third-order valence-electron chi connectivity index (χ3n) is 5.45. The zero-order valence-corrected chi connectivity index (χ0v) is 18.2. The number of rotatable bonds is 2. The minimum Gasteiger partial charge on any atom is -0.279 e. The van der Waals surface area contributed by atoms with Crippen molar-refractivity contribution in [2.24, 2.45) is 14.1 Å². The molecular formula is C22H18BrN5O2. The Balaban J connectivity index is 1.98. The highest BCUT2D eigenvalue weighted by Gasteiger charge is 2.21. The van der Waals surface area contributed by atoms with Crippen molar-refractivity contribution in [3.63, 3.8) is 0 Å². The Morgan fingerprint density at radius 1 is 0.967 bits per heavy atom. The fraction of sp³-hybridized carbons (Fsp3) is 0.136. The van der Waals surface area contributed by atoms with Gasteiger partial charge in [-0.15, -0.1) is 0 Å². The molecule has 0 atom stereocenters. The summed E-state index contributed by atoms with van der Waals surface area (Å²) in [5.74, 6) is 0.568. The number of benzene rings is 2. The Morgan fingerprint density at radius 3 is 2.40 bits per heavy atom. The molecule has 3 heterocycles. The standard InChI is InChI=1S/C22H18BrN5O2/c1-13-9-10-15(11-16(13)23)28-17(14-7-5-4-6-8-14)12-27-18-19(24-21(27)28)25(2)22(30)26(3)20(18)29/h4-12H,1-3H3. The molecule has 0 saturated carbocycles. The SMILES string of the molecule is Cc1ccc(-n2c(-c3ccccc3)cn3c4c(=O)n(C)c(=O)n(C)c4nc23)cc1Br. The van der Waals surface area contributed by atoms with Gasteiger partial charge in [-0.3, -0.25) is 22.9 Å². The molecule has 7 nitrogen and oxygen atoms in total. The maximum Gasteiger partial charge on any atom is 0.332 e. The summed E-state index contributed by atoms with van der Waals surface area (Å²) in [6.07, 6.45) is 1.90. The Kier molecular flexibility index (Phi) is 4.08. The Morgan fingerprint density at radius 2 is 1.70 bits per heavy atom. The summed E-state index contributed by atoms with van der Waals surface area (Å²) in [4.78, 5) is 30.0. The van der Waals surface area contributed by atoms with E-state index in [1.807, 2.05) is 66.2 Å². The molecule has 0 aliphatic heterocycles. The van der Waals surface area contributed by atoms with Crippen LogP contribution in [0.1, 0.15) is 5.56 Å². The molecule has 0 bridgehead atoms. The van der Waals surface area contributed by atoms with Crippen molar-refractivity contribution < 1.29 is 0 Å². The van der Waals surface area contributed by atoms with Crippen molar-refractivity contribution in [3.8, 4) is 16.9 Å². The lowest BCUT2D eigenvalue weighted by Gasteiger charge is -2.10. The summed E-state index contributed by atoms with van der Waals surface area (Å²) in [7, 11) is 3.11.